The van der Waals surface area contributed by atoms with Gasteiger partial charge in [0.05, 0.1) is 0 Å². The predicted molar refractivity (Wildman–Crippen MR) is 98.1 cm³/mol. The van der Waals surface area contributed by atoms with E-state index in [2.05, 4.69) is 48.1 Å². The molecule has 0 saturated carbocycles. The maximum absolute atomic E-state index is 9.72. The van der Waals surface area contributed by atoms with Crippen molar-refractivity contribution in [3.63, 3.8) is 0 Å². The maximum Gasteiger partial charge on any atom is 0.137 e. The van der Waals surface area contributed by atoms with Crippen molar-refractivity contribution in [2.45, 2.75) is 13.8 Å². The first-order valence-electron chi connectivity index (χ1n) is 7.96. The Balaban J connectivity index is 1.92. The largest absolute Gasteiger partial charge is 0.508 e. The molecule has 0 spiro atoms. The van der Waals surface area contributed by atoms with Crippen LogP contribution in [-0.4, -0.2) is 15.1 Å². The number of aryl methyl sites for hydroxylation is 1. The number of fused-ring (bicyclic) bond motifs is 1. The Morgan fingerprint density at radius 2 is 1.75 bits per heavy atom. The number of H-pyrrole nitrogens is 1. The topological polar surface area (TPSA) is 48.9 Å². The van der Waals surface area contributed by atoms with E-state index in [1.165, 1.54) is 16.7 Å². The molecule has 0 radical (unpaired) electrons. The summed E-state index contributed by atoms with van der Waals surface area (Å²) in [7, 11) is 0. The average Bonchev–Trinajstić information content (AvgIpc) is 3.00. The van der Waals surface area contributed by atoms with E-state index in [1.807, 2.05) is 24.5 Å². The minimum Gasteiger partial charge on any atom is -0.508 e. The molecule has 0 aliphatic rings. The van der Waals surface area contributed by atoms with Crippen LogP contribution >= 0.6 is 0 Å². The first-order chi connectivity index (χ1) is 11.6. The number of aromatic nitrogens is 2. The number of phenolic OH excluding ortho intramolecular Hbond substituents is 1. The fraction of sp³-hybridized carbons (Fsp3) is 0.0952. The zero-order valence-corrected chi connectivity index (χ0v) is 13.7. The van der Waals surface area contributed by atoms with Gasteiger partial charge < -0.3 is 10.1 Å². The van der Waals surface area contributed by atoms with Gasteiger partial charge in [-0.15, -0.1) is 0 Å². The van der Waals surface area contributed by atoms with E-state index in [4.69, 9.17) is 0 Å². The second-order valence-electron chi connectivity index (χ2n) is 6.12. The predicted octanol–water partition coefficient (Wildman–Crippen LogP) is 5.22. The minimum atomic E-state index is 0.261. The second-order valence-corrected chi connectivity index (χ2v) is 6.12. The molecule has 2 aromatic carbocycles. The summed E-state index contributed by atoms with van der Waals surface area (Å²) in [5.74, 6) is 0.261. The van der Waals surface area contributed by atoms with E-state index in [0.29, 0.717) is 0 Å². The Morgan fingerprint density at radius 3 is 2.58 bits per heavy atom. The summed E-state index contributed by atoms with van der Waals surface area (Å²) in [6.45, 7) is 4.28. The van der Waals surface area contributed by atoms with Gasteiger partial charge in [-0.2, -0.15) is 0 Å². The lowest BCUT2D eigenvalue weighted by Crippen LogP contribution is -1.87. The number of rotatable bonds is 2. The van der Waals surface area contributed by atoms with Crippen LogP contribution < -0.4 is 0 Å². The Kier molecular flexibility index (Phi) is 3.35. The van der Waals surface area contributed by atoms with Crippen LogP contribution in [0, 0.1) is 13.8 Å². The molecule has 0 bridgehead atoms. The lowest BCUT2D eigenvalue weighted by Gasteiger charge is -2.08. The van der Waals surface area contributed by atoms with E-state index in [-0.39, 0.29) is 5.75 Å². The van der Waals surface area contributed by atoms with Crippen molar-refractivity contribution >= 4 is 11.0 Å². The van der Waals surface area contributed by atoms with Crippen molar-refractivity contribution in [3.8, 4) is 28.0 Å². The van der Waals surface area contributed by atoms with Gasteiger partial charge in [-0.25, -0.2) is 4.98 Å². The number of pyridine rings is 1. The number of nitrogens with one attached hydrogen (secondary N) is 1. The highest BCUT2D eigenvalue weighted by Crippen LogP contribution is 2.34. The lowest BCUT2D eigenvalue weighted by atomic mass is 9.96. The van der Waals surface area contributed by atoms with E-state index in [0.717, 1.165) is 27.7 Å². The van der Waals surface area contributed by atoms with Crippen molar-refractivity contribution in [3.05, 3.63) is 72.1 Å². The molecule has 0 atom stereocenters. The normalized spacial score (nSPS) is 11.1. The van der Waals surface area contributed by atoms with Gasteiger partial charge in [0.15, 0.2) is 0 Å². The fourth-order valence-corrected chi connectivity index (χ4v) is 3.11. The number of aromatic hydroxyl groups is 1. The van der Waals surface area contributed by atoms with Crippen molar-refractivity contribution in [1.29, 1.82) is 0 Å². The maximum atomic E-state index is 9.72. The molecule has 0 saturated heterocycles. The molecule has 24 heavy (non-hydrogen) atoms. The Hall–Kier alpha value is -3.07. The van der Waals surface area contributed by atoms with Gasteiger partial charge in [0.25, 0.3) is 0 Å². The fourth-order valence-electron chi connectivity index (χ4n) is 3.11. The molecule has 0 aliphatic heterocycles. The van der Waals surface area contributed by atoms with Gasteiger partial charge in [0.2, 0.25) is 0 Å². The molecular weight excluding hydrogens is 296 g/mol. The highest BCUT2D eigenvalue weighted by Gasteiger charge is 2.11. The summed E-state index contributed by atoms with van der Waals surface area (Å²) in [6.07, 6.45) is 3.85. The monoisotopic (exact) mass is 314 g/mol. The molecule has 0 fully saturated rings. The van der Waals surface area contributed by atoms with Crippen LogP contribution in [0.4, 0.5) is 0 Å². The molecule has 2 aromatic heterocycles. The van der Waals surface area contributed by atoms with Crippen LogP contribution in [0.15, 0.2) is 60.9 Å². The second kappa shape index (κ2) is 5.53. The third kappa shape index (κ3) is 2.35. The smallest absolute Gasteiger partial charge is 0.137 e. The van der Waals surface area contributed by atoms with E-state index in [1.54, 1.807) is 12.1 Å². The van der Waals surface area contributed by atoms with E-state index >= 15 is 0 Å². The molecule has 0 unspecified atom stereocenters. The molecule has 4 aromatic rings. The first kappa shape index (κ1) is 14.5. The van der Waals surface area contributed by atoms with Crippen molar-refractivity contribution in [2.24, 2.45) is 0 Å². The number of nitrogens with zero attached hydrogens (tertiary/aromatic N) is 1. The highest BCUT2D eigenvalue weighted by atomic mass is 16.3. The number of benzene rings is 2. The molecular formula is C21H18N2O. The molecule has 0 amide bonds. The van der Waals surface area contributed by atoms with Crippen molar-refractivity contribution in [2.75, 3.05) is 0 Å². The van der Waals surface area contributed by atoms with Gasteiger partial charge in [-0.05, 0) is 54.3 Å². The molecule has 3 nitrogen and oxygen atoms in total. The lowest BCUT2D eigenvalue weighted by molar-refractivity contribution is 0.475. The van der Waals surface area contributed by atoms with Crippen LogP contribution in [0.5, 0.6) is 5.75 Å². The summed E-state index contributed by atoms with van der Waals surface area (Å²) in [5.41, 5.74) is 7.74. The molecule has 3 heteroatoms. The molecule has 2 heterocycles. The van der Waals surface area contributed by atoms with Gasteiger partial charge in [0, 0.05) is 28.9 Å². The molecule has 2 N–H and O–H groups in total. The van der Waals surface area contributed by atoms with Crippen molar-refractivity contribution in [1.82, 2.24) is 9.97 Å². The van der Waals surface area contributed by atoms with Crippen LogP contribution in [0.25, 0.3) is 33.3 Å². The minimum absolute atomic E-state index is 0.261. The Bertz CT molecular complexity index is 1050. The zero-order valence-electron chi connectivity index (χ0n) is 13.7. The Labute approximate surface area is 140 Å². The van der Waals surface area contributed by atoms with Crippen molar-refractivity contribution < 1.29 is 5.11 Å². The zero-order chi connectivity index (χ0) is 16.7. The van der Waals surface area contributed by atoms with Crippen LogP contribution in [-0.2, 0) is 0 Å². The summed E-state index contributed by atoms with van der Waals surface area (Å²) in [6, 6.07) is 15.7. The third-order valence-electron chi connectivity index (χ3n) is 4.61. The van der Waals surface area contributed by atoms with E-state index < -0.39 is 0 Å². The van der Waals surface area contributed by atoms with Crippen LogP contribution in [0.1, 0.15) is 11.1 Å². The summed E-state index contributed by atoms with van der Waals surface area (Å²) in [4.78, 5) is 7.81. The number of aromatic amines is 1. The highest BCUT2D eigenvalue weighted by molar-refractivity contribution is 5.96. The summed E-state index contributed by atoms with van der Waals surface area (Å²) in [5, 5.41) is 10.8. The number of hydrogen-bond acceptors (Lipinski definition) is 2. The summed E-state index contributed by atoms with van der Waals surface area (Å²) < 4.78 is 0. The van der Waals surface area contributed by atoms with Crippen LogP contribution in [0.3, 0.4) is 0 Å². The van der Waals surface area contributed by atoms with Gasteiger partial charge in [-0.3, -0.25) is 0 Å². The molecule has 0 aliphatic carbocycles. The molecule has 4 rings (SSSR count). The Morgan fingerprint density at radius 1 is 0.917 bits per heavy atom. The SMILES string of the molecule is Cc1cccc(-c2c[nH]c3ncc(-c4cccc(O)c4)cc23)c1C. The summed E-state index contributed by atoms with van der Waals surface area (Å²) >= 11 is 0. The van der Waals surface area contributed by atoms with Gasteiger partial charge in [0.1, 0.15) is 11.4 Å². The van der Waals surface area contributed by atoms with E-state index in [9.17, 15) is 5.11 Å². The quantitative estimate of drug-likeness (QED) is 0.533. The van der Waals surface area contributed by atoms with Crippen LogP contribution in [0.2, 0.25) is 0 Å². The average molecular weight is 314 g/mol. The standard InChI is InChI=1S/C21H18N2O/c1-13-5-3-8-18(14(13)2)20-12-23-21-19(20)10-16(11-22-21)15-6-4-7-17(24)9-15/h3-12,24H,1-2H3,(H,22,23). The van der Waals surface area contributed by atoms with Gasteiger partial charge in [-0.1, -0.05) is 30.3 Å². The molecule has 118 valence electrons. The number of phenols is 1. The number of hydrogen-bond donors (Lipinski definition) is 2. The third-order valence-corrected chi connectivity index (χ3v) is 4.61. The first-order valence-corrected chi connectivity index (χ1v) is 7.96. The van der Waals surface area contributed by atoms with Gasteiger partial charge >= 0.3 is 0 Å².